The standard InChI is InChI=1S/C13H14Cl2N4/c1-8(2)17-13-16-4-3-12(19-13)18-11-6-9(14)5-10(15)7-11/h3-8H,1-2H3,(H2,16,17,18,19). The molecule has 0 bridgehead atoms. The van der Waals surface area contributed by atoms with Gasteiger partial charge in [-0.1, -0.05) is 23.2 Å². The molecule has 0 unspecified atom stereocenters. The van der Waals surface area contributed by atoms with Crippen molar-refractivity contribution in [3.8, 4) is 0 Å². The average molecular weight is 297 g/mol. The number of benzene rings is 1. The molecule has 4 nitrogen and oxygen atoms in total. The quantitative estimate of drug-likeness (QED) is 0.881. The van der Waals surface area contributed by atoms with Crippen LogP contribution in [0.15, 0.2) is 30.5 Å². The average Bonchev–Trinajstić information content (AvgIpc) is 2.26. The SMILES string of the molecule is CC(C)Nc1nccc(Nc2cc(Cl)cc(Cl)c2)n1. The normalized spacial score (nSPS) is 10.6. The second-order valence-corrected chi connectivity index (χ2v) is 5.22. The first-order valence-corrected chi connectivity index (χ1v) is 6.61. The first-order valence-electron chi connectivity index (χ1n) is 5.85. The summed E-state index contributed by atoms with van der Waals surface area (Å²) in [7, 11) is 0. The molecule has 19 heavy (non-hydrogen) atoms. The van der Waals surface area contributed by atoms with Crippen molar-refractivity contribution < 1.29 is 0 Å². The van der Waals surface area contributed by atoms with Gasteiger partial charge < -0.3 is 10.6 Å². The maximum absolute atomic E-state index is 5.95. The molecule has 0 saturated heterocycles. The summed E-state index contributed by atoms with van der Waals surface area (Å²) < 4.78 is 0. The van der Waals surface area contributed by atoms with Crippen molar-refractivity contribution >= 4 is 40.7 Å². The van der Waals surface area contributed by atoms with Crippen LogP contribution in [0.1, 0.15) is 13.8 Å². The van der Waals surface area contributed by atoms with Gasteiger partial charge in [0.1, 0.15) is 5.82 Å². The van der Waals surface area contributed by atoms with Gasteiger partial charge in [-0.15, -0.1) is 0 Å². The molecular formula is C13H14Cl2N4. The fraction of sp³-hybridized carbons (Fsp3) is 0.231. The van der Waals surface area contributed by atoms with Crippen LogP contribution in [0, 0.1) is 0 Å². The Hall–Kier alpha value is -1.52. The summed E-state index contributed by atoms with van der Waals surface area (Å²) in [6.45, 7) is 4.06. The van der Waals surface area contributed by atoms with Gasteiger partial charge in [-0.05, 0) is 38.1 Å². The van der Waals surface area contributed by atoms with Crippen LogP contribution in [0.25, 0.3) is 0 Å². The first kappa shape index (κ1) is 13.9. The van der Waals surface area contributed by atoms with Gasteiger partial charge in [-0.25, -0.2) is 4.98 Å². The third kappa shape index (κ3) is 4.26. The van der Waals surface area contributed by atoms with E-state index < -0.39 is 0 Å². The lowest BCUT2D eigenvalue weighted by molar-refractivity contribution is 0.875. The minimum absolute atomic E-state index is 0.274. The molecule has 0 aliphatic rings. The fourth-order valence-electron chi connectivity index (χ4n) is 1.53. The van der Waals surface area contributed by atoms with E-state index in [1.165, 1.54) is 0 Å². The number of rotatable bonds is 4. The summed E-state index contributed by atoms with van der Waals surface area (Å²) >= 11 is 11.9. The van der Waals surface area contributed by atoms with E-state index in [0.717, 1.165) is 5.69 Å². The number of hydrogen-bond acceptors (Lipinski definition) is 4. The topological polar surface area (TPSA) is 49.8 Å². The van der Waals surface area contributed by atoms with Gasteiger partial charge >= 0.3 is 0 Å². The molecule has 0 saturated carbocycles. The van der Waals surface area contributed by atoms with Crippen LogP contribution >= 0.6 is 23.2 Å². The largest absolute Gasteiger partial charge is 0.352 e. The molecule has 2 N–H and O–H groups in total. The van der Waals surface area contributed by atoms with Crippen LogP contribution in [0.3, 0.4) is 0 Å². The van der Waals surface area contributed by atoms with E-state index >= 15 is 0 Å². The summed E-state index contributed by atoms with van der Waals surface area (Å²) in [4.78, 5) is 8.49. The van der Waals surface area contributed by atoms with E-state index in [9.17, 15) is 0 Å². The number of hydrogen-bond donors (Lipinski definition) is 2. The maximum atomic E-state index is 5.95. The molecule has 100 valence electrons. The van der Waals surface area contributed by atoms with E-state index in [-0.39, 0.29) is 6.04 Å². The third-order valence-corrected chi connectivity index (χ3v) is 2.64. The van der Waals surface area contributed by atoms with E-state index in [4.69, 9.17) is 23.2 Å². The summed E-state index contributed by atoms with van der Waals surface area (Å²) in [5, 5.41) is 7.43. The molecule has 0 fully saturated rings. The van der Waals surface area contributed by atoms with Crippen molar-refractivity contribution in [2.75, 3.05) is 10.6 Å². The summed E-state index contributed by atoms with van der Waals surface area (Å²) in [6, 6.07) is 7.30. The zero-order valence-corrected chi connectivity index (χ0v) is 12.1. The Bertz CT molecular complexity index is 552. The highest BCUT2D eigenvalue weighted by atomic mass is 35.5. The highest BCUT2D eigenvalue weighted by molar-refractivity contribution is 6.35. The molecule has 0 aliphatic carbocycles. The second-order valence-electron chi connectivity index (χ2n) is 4.35. The summed E-state index contributed by atoms with van der Waals surface area (Å²) in [5.74, 6) is 1.25. The van der Waals surface area contributed by atoms with Crippen molar-refractivity contribution in [1.29, 1.82) is 0 Å². The van der Waals surface area contributed by atoms with Crippen LogP contribution in [-0.2, 0) is 0 Å². The van der Waals surface area contributed by atoms with Gasteiger partial charge in [-0.3, -0.25) is 0 Å². The number of anilines is 3. The number of halogens is 2. The fourth-order valence-corrected chi connectivity index (χ4v) is 2.06. The monoisotopic (exact) mass is 296 g/mol. The van der Waals surface area contributed by atoms with Crippen LogP contribution in [0.4, 0.5) is 17.5 Å². The Labute approximate surface area is 122 Å². The predicted molar refractivity (Wildman–Crippen MR) is 80.5 cm³/mol. The zero-order chi connectivity index (χ0) is 13.8. The van der Waals surface area contributed by atoms with Crippen molar-refractivity contribution in [2.45, 2.75) is 19.9 Å². The molecule has 0 spiro atoms. The van der Waals surface area contributed by atoms with Gasteiger partial charge in [-0.2, -0.15) is 4.98 Å². The maximum Gasteiger partial charge on any atom is 0.224 e. The predicted octanol–water partition coefficient (Wildman–Crippen LogP) is 4.35. The highest BCUT2D eigenvalue weighted by Gasteiger charge is 2.03. The third-order valence-electron chi connectivity index (χ3n) is 2.21. The molecule has 2 rings (SSSR count). The lowest BCUT2D eigenvalue weighted by Gasteiger charge is -2.10. The van der Waals surface area contributed by atoms with E-state index in [0.29, 0.717) is 21.8 Å². The van der Waals surface area contributed by atoms with E-state index in [1.807, 2.05) is 13.8 Å². The second kappa shape index (κ2) is 6.08. The Balaban J connectivity index is 2.18. The summed E-state index contributed by atoms with van der Waals surface area (Å²) in [6.07, 6.45) is 1.69. The van der Waals surface area contributed by atoms with Gasteiger partial charge in [0.15, 0.2) is 0 Å². The molecule has 1 aromatic carbocycles. The zero-order valence-electron chi connectivity index (χ0n) is 10.6. The number of nitrogens with zero attached hydrogens (tertiary/aromatic N) is 2. The molecule has 0 aliphatic heterocycles. The smallest absolute Gasteiger partial charge is 0.224 e. The van der Waals surface area contributed by atoms with E-state index in [1.54, 1.807) is 30.5 Å². The molecule has 0 radical (unpaired) electrons. The van der Waals surface area contributed by atoms with Crippen molar-refractivity contribution in [1.82, 2.24) is 9.97 Å². The van der Waals surface area contributed by atoms with Crippen molar-refractivity contribution in [3.63, 3.8) is 0 Å². The molecule has 1 heterocycles. The van der Waals surface area contributed by atoms with Crippen molar-refractivity contribution in [2.24, 2.45) is 0 Å². The molecule has 1 aromatic heterocycles. The molecule has 0 amide bonds. The molecule has 2 aromatic rings. The van der Waals surface area contributed by atoms with Gasteiger partial charge in [0, 0.05) is 28.0 Å². The first-order chi connectivity index (χ1) is 9.02. The van der Waals surface area contributed by atoms with Crippen LogP contribution in [-0.4, -0.2) is 16.0 Å². The lowest BCUT2D eigenvalue weighted by Crippen LogP contribution is -2.12. The van der Waals surface area contributed by atoms with E-state index in [2.05, 4.69) is 20.6 Å². The van der Waals surface area contributed by atoms with Gasteiger partial charge in [0.2, 0.25) is 5.95 Å². The Morgan fingerprint density at radius 2 is 1.79 bits per heavy atom. The highest BCUT2D eigenvalue weighted by Crippen LogP contribution is 2.24. The Morgan fingerprint density at radius 3 is 2.42 bits per heavy atom. The Morgan fingerprint density at radius 1 is 1.11 bits per heavy atom. The minimum atomic E-state index is 0.274. The minimum Gasteiger partial charge on any atom is -0.352 e. The van der Waals surface area contributed by atoms with Gasteiger partial charge in [0.25, 0.3) is 0 Å². The van der Waals surface area contributed by atoms with Crippen LogP contribution in [0.5, 0.6) is 0 Å². The molecule has 0 atom stereocenters. The molecule has 6 heteroatoms. The van der Waals surface area contributed by atoms with Crippen LogP contribution in [0.2, 0.25) is 10.0 Å². The number of aromatic nitrogens is 2. The Kier molecular flexibility index (Phi) is 4.45. The lowest BCUT2D eigenvalue weighted by atomic mass is 10.3. The number of nitrogens with one attached hydrogen (secondary N) is 2. The summed E-state index contributed by atoms with van der Waals surface area (Å²) in [5.41, 5.74) is 0.784. The van der Waals surface area contributed by atoms with Crippen LogP contribution < -0.4 is 10.6 Å². The van der Waals surface area contributed by atoms with Gasteiger partial charge in [0.05, 0.1) is 0 Å². The van der Waals surface area contributed by atoms with Crippen molar-refractivity contribution in [3.05, 3.63) is 40.5 Å². The molecular weight excluding hydrogens is 283 g/mol.